The van der Waals surface area contributed by atoms with E-state index in [0.29, 0.717) is 5.56 Å². The molecule has 0 aromatic heterocycles. The van der Waals surface area contributed by atoms with Crippen LogP contribution in [-0.2, 0) is 6.54 Å². The van der Waals surface area contributed by atoms with E-state index in [1.54, 1.807) is 18.2 Å². The minimum Gasteiger partial charge on any atom is -0.507 e. The van der Waals surface area contributed by atoms with Gasteiger partial charge in [-0.2, -0.15) is 0 Å². The number of aromatic hydroxyl groups is 1. The van der Waals surface area contributed by atoms with Gasteiger partial charge in [-0.05, 0) is 18.2 Å². The maximum Gasteiger partial charge on any atom is 0.257 e. The number of phenolic OH excluding ortho intramolecular Hbond substituents is 1. The molecule has 2 aromatic rings. The molecule has 2 aromatic carbocycles. The number of rotatable bonds is 3. The van der Waals surface area contributed by atoms with E-state index < -0.39 is 23.3 Å². The largest absolute Gasteiger partial charge is 0.507 e. The molecule has 0 aliphatic heterocycles. The first kappa shape index (κ1) is 14.0. The normalized spacial score (nSPS) is 10.3. The fraction of sp³-hybridized carbons (Fsp3) is 0.133. The first-order valence-electron chi connectivity index (χ1n) is 5.96. The number of halogens is 2. The maximum atomic E-state index is 13.5. The molecule has 0 heterocycles. The van der Waals surface area contributed by atoms with Gasteiger partial charge in [0.1, 0.15) is 17.4 Å². The Bertz CT molecular complexity index is 644. The van der Waals surface area contributed by atoms with Crippen molar-refractivity contribution in [1.29, 1.82) is 0 Å². The zero-order valence-corrected chi connectivity index (χ0v) is 10.8. The second-order valence-electron chi connectivity index (χ2n) is 4.41. The summed E-state index contributed by atoms with van der Waals surface area (Å²) in [6.07, 6.45) is 0. The van der Waals surface area contributed by atoms with Crippen molar-refractivity contribution in [2.24, 2.45) is 0 Å². The van der Waals surface area contributed by atoms with Crippen LogP contribution in [-0.4, -0.2) is 23.0 Å². The molecule has 104 valence electrons. The van der Waals surface area contributed by atoms with Gasteiger partial charge in [-0.15, -0.1) is 0 Å². The molecule has 0 radical (unpaired) electrons. The zero-order chi connectivity index (χ0) is 14.7. The molecule has 0 saturated carbocycles. The average Bonchev–Trinajstić information content (AvgIpc) is 2.40. The van der Waals surface area contributed by atoms with Crippen LogP contribution < -0.4 is 0 Å². The third-order valence-corrected chi connectivity index (χ3v) is 2.90. The number of carbonyl (C=O) groups excluding carboxylic acids is 1. The summed E-state index contributed by atoms with van der Waals surface area (Å²) in [6.45, 7) is 0.0579. The second kappa shape index (κ2) is 5.69. The minimum absolute atomic E-state index is 0.0229. The van der Waals surface area contributed by atoms with Crippen LogP contribution in [0.3, 0.4) is 0 Å². The Hall–Kier alpha value is -2.43. The van der Waals surface area contributed by atoms with E-state index in [1.807, 2.05) is 0 Å². The highest BCUT2D eigenvalue weighted by Gasteiger charge is 2.17. The summed E-state index contributed by atoms with van der Waals surface area (Å²) >= 11 is 0. The highest BCUT2D eigenvalue weighted by atomic mass is 19.1. The van der Waals surface area contributed by atoms with Gasteiger partial charge in [0.2, 0.25) is 0 Å². The lowest BCUT2D eigenvalue weighted by atomic mass is 10.1. The predicted molar refractivity (Wildman–Crippen MR) is 70.3 cm³/mol. The Morgan fingerprint density at radius 3 is 2.55 bits per heavy atom. The summed E-state index contributed by atoms with van der Waals surface area (Å²) in [6, 6.07) is 9.27. The quantitative estimate of drug-likeness (QED) is 0.937. The van der Waals surface area contributed by atoms with Gasteiger partial charge in [0.25, 0.3) is 5.91 Å². The van der Waals surface area contributed by atoms with Crippen molar-refractivity contribution in [3.05, 3.63) is 65.2 Å². The Morgan fingerprint density at radius 2 is 1.90 bits per heavy atom. The molecule has 0 aliphatic rings. The number of amides is 1. The lowest BCUT2D eigenvalue weighted by Crippen LogP contribution is -2.26. The molecular weight excluding hydrogens is 264 g/mol. The average molecular weight is 277 g/mol. The van der Waals surface area contributed by atoms with Crippen molar-refractivity contribution in [2.45, 2.75) is 6.54 Å². The van der Waals surface area contributed by atoms with Crippen LogP contribution in [0.25, 0.3) is 0 Å². The van der Waals surface area contributed by atoms with Gasteiger partial charge in [0.05, 0.1) is 5.56 Å². The van der Waals surface area contributed by atoms with Crippen molar-refractivity contribution in [3.8, 4) is 5.75 Å². The van der Waals surface area contributed by atoms with Crippen LogP contribution in [0.15, 0.2) is 42.5 Å². The van der Waals surface area contributed by atoms with E-state index in [-0.39, 0.29) is 12.1 Å². The topological polar surface area (TPSA) is 40.5 Å². The molecule has 0 saturated heterocycles. The van der Waals surface area contributed by atoms with E-state index in [0.717, 1.165) is 12.1 Å². The molecule has 0 spiro atoms. The van der Waals surface area contributed by atoms with Gasteiger partial charge in [-0.3, -0.25) is 4.79 Å². The zero-order valence-electron chi connectivity index (χ0n) is 10.8. The molecule has 5 heteroatoms. The third-order valence-electron chi connectivity index (χ3n) is 2.90. The number of hydrogen-bond donors (Lipinski definition) is 1. The van der Waals surface area contributed by atoms with Crippen LogP contribution in [0.1, 0.15) is 15.9 Å². The van der Waals surface area contributed by atoms with Crippen molar-refractivity contribution >= 4 is 5.91 Å². The molecule has 0 aliphatic carbocycles. The monoisotopic (exact) mass is 277 g/mol. The van der Waals surface area contributed by atoms with Crippen LogP contribution >= 0.6 is 0 Å². The van der Waals surface area contributed by atoms with Crippen molar-refractivity contribution in [3.63, 3.8) is 0 Å². The number of benzene rings is 2. The predicted octanol–water partition coefficient (Wildman–Crippen LogP) is 2.94. The van der Waals surface area contributed by atoms with Gasteiger partial charge >= 0.3 is 0 Å². The van der Waals surface area contributed by atoms with Crippen molar-refractivity contribution in [1.82, 2.24) is 4.90 Å². The first-order chi connectivity index (χ1) is 9.49. The highest BCUT2D eigenvalue weighted by Crippen LogP contribution is 2.20. The van der Waals surface area contributed by atoms with Gasteiger partial charge in [-0.25, -0.2) is 8.78 Å². The summed E-state index contributed by atoms with van der Waals surface area (Å²) in [7, 11) is 1.48. The molecule has 0 fully saturated rings. The van der Waals surface area contributed by atoms with E-state index in [4.69, 9.17) is 0 Å². The highest BCUT2D eigenvalue weighted by molar-refractivity contribution is 5.96. The van der Waals surface area contributed by atoms with Crippen molar-refractivity contribution in [2.75, 3.05) is 7.05 Å². The molecule has 0 bridgehead atoms. The summed E-state index contributed by atoms with van der Waals surface area (Å²) in [5.74, 6) is -1.98. The molecule has 2 rings (SSSR count). The molecule has 0 atom stereocenters. The lowest BCUT2D eigenvalue weighted by Gasteiger charge is -2.18. The van der Waals surface area contributed by atoms with Crippen LogP contribution in [0.5, 0.6) is 5.75 Å². The fourth-order valence-electron chi connectivity index (χ4n) is 1.85. The van der Waals surface area contributed by atoms with Crippen LogP contribution in [0.4, 0.5) is 8.78 Å². The Morgan fingerprint density at radius 1 is 1.20 bits per heavy atom. The summed E-state index contributed by atoms with van der Waals surface area (Å²) in [5, 5.41) is 9.57. The minimum atomic E-state index is -0.629. The summed E-state index contributed by atoms with van der Waals surface area (Å²) < 4.78 is 26.4. The number of carbonyl (C=O) groups is 1. The molecule has 0 unspecified atom stereocenters. The van der Waals surface area contributed by atoms with E-state index in [1.165, 1.54) is 24.1 Å². The molecular formula is C15H13F2NO2. The fourth-order valence-corrected chi connectivity index (χ4v) is 1.85. The molecule has 20 heavy (non-hydrogen) atoms. The van der Waals surface area contributed by atoms with E-state index >= 15 is 0 Å². The van der Waals surface area contributed by atoms with Crippen molar-refractivity contribution < 1.29 is 18.7 Å². The van der Waals surface area contributed by atoms with Gasteiger partial charge < -0.3 is 10.0 Å². The Balaban J connectivity index is 2.19. The van der Waals surface area contributed by atoms with E-state index in [2.05, 4.69) is 0 Å². The molecule has 3 nitrogen and oxygen atoms in total. The molecule has 1 N–H and O–H groups in total. The molecule has 1 amide bonds. The van der Waals surface area contributed by atoms with Crippen LogP contribution in [0, 0.1) is 11.6 Å². The Kier molecular flexibility index (Phi) is 3.98. The van der Waals surface area contributed by atoms with Gasteiger partial charge in [-0.1, -0.05) is 18.2 Å². The number of hydrogen-bond acceptors (Lipinski definition) is 2. The lowest BCUT2D eigenvalue weighted by molar-refractivity contribution is 0.0781. The summed E-state index contributed by atoms with van der Waals surface area (Å²) in [4.78, 5) is 13.4. The standard InChI is InChI=1S/C15H13F2NO2/c1-18(9-10-4-2-3-5-13(10)17)15(20)12-7-6-11(16)8-14(12)19/h2-8,19H,9H2,1H3. The van der Waals surface area contributed by atoms with Crippen LogP contribution in [0.2, 0.25) is 0 Å². The van der Waals surface area contributed by atoms with E-state index in [9.17, 15) is 18.7 Å². The summed E-state index contributed by atoms with van der Waals surface area (Å²) in [5.41, 5.74) is 0.343. The third kappa shape index (κ3) is 2.93. The van der Waals surface area contributed by atoms with Gasteiger partial charge in [0, 0.05) is 25.2 Å². The number of phenols is 1. The van der Waals surface area contributed by atoms with Gasteiger partial charge in [0.15, 0.2) is 0 Å². The Labute approximate surface area is 115 Å². The first-order valence-corrected chi connectivity index (χ1v) is 5.96. The smallest absolute Gasteiger partial charge is 0.257 e. The second-order valence-corrected chi connectivity index (χ2v) is 4.41. The number of nitrogens with zero attached hydrogens (tertiary/aromatic N) is 1. The SMILES string of the molecule is CN(Cc1ccccc1F)C(=O)c1ccc(F)cc1O. The maximum absolute atomic E-state index is 13.5.